The highest BCUT2D eigenvalue weighted by Gasteiger charge is 2.39. The van der Waals surface area contributed by atoms with E-state index in [-0.39, 0.29) is 17.8 Å². The second-order valence-electron chi connectivity index (χ2n) is 3.27. The normalized spacial score (nSPS) is 20.4. The summed E-state index contributed by atoms with van der Waals surface area (Å²) in [4.78, 5) is 11.2. The van der Waals surface area contributed by atoms with Crippen molar-refractivity contribution < 1.29 is 5.11 Å². The number of aliphatic hydroxyl groups excluding tert-OH is 1. The summed E-state index contributed by atoms with van der Waals surface area (Å²) in [6.45, 7) is 0.0203. The third kappa shape index (κ3) is 0.828. The van der Waals surface area contributed by atoms with Gasteiger partial charge in [-0.25, -0.2) is 9.89 Å². The van der Waals surface area contributed by atoms with Crippen molar-refractivity contribution in [1.82, 2.24) is 14.8 Å². The number of rotatable bonds is 2. The Morgan fingerprint density at radius 2 is 2.50 bits per heavy atom. The van der Waals surface area contributed by atoms with Gasteiger partial charge in [0, 0.05) is 0 Å². The monoisotopic (exact) mass is 169 g/mol. The molecule has 0 aromatic carbocycles. The van der Waals surface area contributed by atoms with Gasteiger partial charge < -0.3 is 5.11 Å². The molecule has 1 aliphatic carbocycles. The molecule has 1 aromatic heterocycles. The number of nitrogens with zero attached hydrogens (tertiary/aromatic N) is 2. The fraction of sp³-hybridized carbons (Fsp3) is 0.714. The molecule has 5 heteroatoms. The standard InChI is InChI=1S/C7H11N3O2/c11-4-7(2-1-3-7)10-5-8-9-6(10)12/h5,11H,1-4H2,(H,9,12). The van der Waals surface area contributed by atoms with Crippen LogP contribution in [0.15, 0.2) is 11.1 Å². The number of aliphatic hydroxyl groups is 1. The minimum Gasteiger partial charge on any atom is -0.394 e. The third-order valence-corrected chi connectivity index (χ3v) is 2.64. The molecule has 1 heterocycles. The first-order valence-corrected chi connectivity index (χ1v) is 4.02. The lowest BCUT2D eigenvalue weighted by molar-refractivity contribution is 0.0521. The minimum atomic E-state index is -0.357. The Labute approximate surface area is 69.0 Å². The van der Waals surface area contributed by atoms with E-state index < -0.39 is 0 Å². The van der Waals surface area contributed by atoms with E-state index in [1.54, 1.807) is 0 Å². The summed E-state index contributed by atoms with van der Waals surface area (Å²) < 4.78 is 1.50. The fourth-order valence-corrected chi connectivity index (χ4v) is 1.65. The lowest BCUT2D eigenvalue weighted by atomic mass is 9.77. The molecule has 5 nitrogen and oxygen atoms in total. The summed E-state index contributed by atoms with van der Waals surface area (Å²) >= 11 is 0. The second kappa shape index (κ2) is 2.45. The Morgan fingerprint density at radius 3 is 2.83 bits per heavy atom. The van der Waals surface area contributed by atoms with E-state index in [1.165, 1.54) is 10.9 Å². The predicted octanol–water partition coefficient (Wildman–Crippen LogP) is -0.557. The maximum atomic E-state index is 11.2. The van der Waals surface area contributed by atoms with Crippen molar-refractivity contribution in [3.63, 3.8) is 0 Å². The van der Waals surface area contributed by atoms with Crippen LogP contribution in [0.3, 0.4) is 0 Å². The lowest BCUT2D eigenvalue weighted by Crippen LogP contribution is -2.48. The Bertz CT molecular complexity index is 318. The van der Waals surface area contributed by atoms with Crippen LogP contribution in [0.5, 0.6) is 0 Å². The molecular formula is C7H11N3O2. The summed E-state index contributed by atoms with van der Waals surface area (Å²) in [5.74, 6) is 0. The van der Waals surface area contributed by atoms with Gasteiger partial charge in [-0.1, -0.05) is 0 Å². The van der Waals surface area contributed by atoms with Crippen molar-refractivity contribution >= 4 is 0 Å². The Balaban J connectivity index is 2.40. The van der Waals surface area contributed by atoms with Gasteiger partial charge >= 0.3 is 5.69 Å². The molecular weight excluding hydrogens is 158 g/mol. The van der Waals surface area contributed by atoms with Crippen LogP contribution < -0.4 is 5.69 Å². The van der Waals surface area contributed by atoms with Crippen molar-refractivity contribution in [1.29, 1.82) is 0 Å². The van der Waals surface area contributed by atoms with Gasteiger partial charge in [0.25, 0.3) is 0 Å². The number of hydrogen-bond donors (Lipinski definition) is 2. The number of aromatic amines is 1. The van der Waals surface area contributed by atoms with Crippen LogP contribution in [0, 0.1) is 0 Å². The van der Waals surface area contributed by atoms with Gasteiger partial charge in [0.15, 0.2) is 0 Å². The molecule has 2 N–H and O–H groups in total. The first kappa shape index (κ1) is 7.54. The molecule has 1 saturated carbocycles. The van der Waals surface area contributed by atoms with Gasteiger partial charge in [-0.2, -0.15) is 5.10 Å². The Morgan fingerprint density at radius 1 is 1.75 bits per heavy atom. The zero-order valence-electron chi connectivity index (χ0n) is 6.66. The van der Waals surface area contributed by atoms with Crippen LogP contribution in [0.4, 0.5) is 0 Å². The quantitative estimate of drug-likeness (QED) is 0.623. The van der Waals surface area contributed by atoms with E-state index >= 15 is 0 Å². The van der Waals surface area contributed by atoms with Gasteiger partial charge in [0.2, 0.25) is 0 Å². The zero-order valence-corrected chi connectivity index (χ0v) is 6.66. The van der Waals surface area contributed by atoms with E-state index in [0.717, 1.165) is 19.3 Å². The van der Waals surface area contributed by atoms with Crippen LogP contribution in [0.2, 0.25) is 0 Å². The highest BCUT2D eigenvalue weighted by molar-refractivity contribution is 4.95. The van der Waals surface area contributed by atoms with Crippen molar-refractivity contribution in [3.05, 3.63) is 16.8 Å². The molecule has 0 spiro atoms. The molecule has 1 aliphatic rings. The highest BCUT2D eigenvalue weighted by atomic mass is 16.3. The SMILES string of the molecule is O=c1[nH]ncn1C1(CO)CCC1. The summed E-state index contributed by atoms with van der Waals surface area (Å²) in [7, 11) is 0. The van der Waals surface area contributed by atoms with Crippen LogP contribution in [-0.4, -0.2) is 26.5 Å². The minimum absolute atomic E-state index is 0.0203. The van der Waals surface area contributed by atoms with Gasteiger partial charge in [-0.3, -0.25) is 4.57 Å². The summed E-state index contributed by atoms with van der Waals surface area (Å²) in [6, 6.07) is 0. The van der Waals surface area contributed by atoms with Gasteiger partial charge in [0.05, 0.1) is 12.1 Å². The molecule has 0 saturated heterocycles. The average molecular weight is 169 g/mol. The molecule has 0 radical (unpaired) electrons. The largest absolute Gasteiger partial charge is 0.394 e. The molecule has 66 valence electrons. The van der Waals surface area contributed by atoms with Crippen LogP contribution in [0.1, 0.15) is 19.3 Å². The Kier molecular flexibility index (Phi) is 1.54. The maximum Gasteiger partial charge on any atom is 0.343 e. The molecule has 0 bridgehead atoms. The van der Waals surface area contributed by atoms with E-state index in [4.69, 9.17) is 5.11 Å². The first-order chi connectivity index (χ1) is 5.78. The van der Waals surface area contributed by atoms with Crippen molar-refractivity contribution in [3.8, 4) is 0 Å². The van der Waals surface area contributed by atoms with Crippen molar-refractivity contribution in [2.45, 2.75) is 24.8 Å². The molecule has 0 amide bonds. The lowest BCUT2D eigenvalue weighted by Gasteiger charge is -2.40. The number of hydrogen-bond acceptors (Lipinski definition) is 3. The smallest absolute Gasteiger partial charge is 0.343 e. The third-order valence-electron chi connectivity index (χ3n) is 2.64. The van der Waals surface area contributed by atoms with Gasteiger partial charge in [-0.05, 0) is 19.3 Å². The van der Waals surface area contributed by atoms with Crippen molar-refractivity contribution in [2.75, 3.05) is 6.61 Å². The molecule has 0 unspecified atom stereocenters. The maximum absolute atomic E-state index is 11.2. The number of nitrogens with one attached hydrogen (secondary N) is 1. The number of aromatic nitrogens is 3. The number of H-pyrrole nitrogens is 1. The van der Waals surface area contributed by atoms with Crippen LogP contribution in [0.25, 0.3) is 0 Å². The van der Waals surface area contributed by atoms with Crippen LogP contribution in [-0.2, 0) is 5.54 Å². The van der Waals surface area contributed by atoms with Gasteiger partial charge in [-0.15, -0.1) is 0 Å². The fourth-order valence-electron chi connectivity index (χ4n) is 1.65. The molecule has 0 atom stereocenters. The Hall–Kier alpha value is -1.10. The van der Waals surface area contributed by atoms with E-state index in [9.17, 15) is 4.79 Å². The van der Waals surface area contributed by atoms with Crippen LogP contribution >= 0.6 is 0 Å². The van der Waals surface area contributed by atoms with Crippen molar-refractivity contribution in [2.24, 2.45) is 0 Å². The summed E-state index contributed by atoms with van der Waals surface area (Å²) in [5.41, 5.74) is -0.590. The second-order valence-corrected chi connectivity index (χ2v) is 3.27. The predicted molar refractivity (Wildman–Crippen MR) is 41.8 cm³/mol. The molecule has 1 fully saturated rings. The summed E-state index contributed by atoms with van der Waals surface area (Å²) in [6.07, 6.45) is 4.25. The van der Waals surface area contributed by atoms with E-state index in [2.05, 4.69) is 10.2 Å². The molecule has 0 aliphatic heterocycles. The van der Waals surface area contributed by atoms with E-state index in [1.807, 2.05) is 0 Å². The van der Waals surface area contributed by atoms with E-state index in [0.29, 0.717) is 0 Å². The zero-order chi connectivity index (χ0) is 8.60. The average Bonchev–Trinajstić information content (AvgIpc) is 2.36. The molecule has 12 heavy (non-hydrogen) atoms. The first-order valence-electron chi connectivity index (χ1n) is 4.02. The summed E-state index contributed by atoms with van der Waals surface area (Å²) in [5, 5.41) is 15.1. The van der Waals surface area contributed by atoms with Gasteiger partial charge in [0.1, 0.15) is 6.33 Å². The molecule has 1 aromatic rings. The highest BCUT2D eigenvalue weighted by Crippen LogP contribution is 2.37. The molecule has 2 rings (SSSR count). The topological polar surface area (TPSA) is 70.9 Å².